The molecule has 2 aromatic rings. The average molecular weight is 333 g/mol. The summed E-state index contributed by atoms with van der Waals surface area (Å²) in [5, 5.41) is -0.399. The lowest BCUT2D eigenvalue weighted by molar-refractivity contribution is 0.0312. The van der Waals surface area contributed by atoms with Gasteiger partial charge in [0.2, 0.25) is 0 Å². The van der Waals surface area contributed by atoms with Crippen molar-refractivity contribution in [3.63, 3.8) is 0 Å². The van der Waals surface area contributed by atoms with E-state index in [0.717, 1.165) is 11.3 Å². The van der Waals surface area contributed by atoms with Crippen LogP contribution in [0.1, 0.15) is 29.8 Å². The highest BCUT2D eigenvalue weighted by Gasteiger charge is 2.33. The molecule has 0 amide bonds. The zero-order chi connectivity index (χ0) is 16.4. The second-order valence-corrected chi connectivity index (χ2v) is 8.27. The van der Waals surface area contributed by atoms with Crippen molar-refractivity contribution < 1.29 is 17.9 Å². The van der Waals surface area contributed by atoms with E-state index in [9.17, 15) is 13.2 Å². The molecule has 0 saturated heterocycles. The summed E-state index contributed by atoms with van der Waals surface area (Å²) in [6, 6.07) is 13.2. The average Bonchev–Trinajstić information content (AvgIpc) is 3.16. The van der Waals surface area contributed by atoms with Crippen molar-refractivity contribution in [3.05, 3.63) is 48.2 Å². The van der Waals surface area contributed by atoms with Gasteiger partial charge in [-0.3, -0.25) is 0 Å². The Morgan fingerprint density at radius 1 is 1.13 bits per heavy atom. The Hall–Kier alpha value is -2.08. The number of hydrogen-bond acceptors (Lipinski definition) is 4. The number of sulfone groups is 1. The smallest absolute Gasteiger partial charge is 0.355 e. The highest BCUT2D eigenvalue weighted by atomic mass is 32.2. The Morgan fingerprint density at radius 3 is 2.52 bits per heavy atom. The first-order valence-corrected chi connectivity index (χ1v) is 9.53. The van der Waals surface area contributed by atoms with Crippen LogP contribution in [-0.2, 0) is 14.6 Å². The van der Waals surface area contributed by atoms with Crippen molar-refractivity contribution in [1.29, 1.82) is 0 Å². The molecule has 1 saturated carbocycles. The minimum absolute atomic E-state index is 0.328. The standard InChI is InChI=1S/C17H19NO4S/c1-23(20,21)14-8-7-13(11-14)22-17(19)16-10-9-15(18-16)12-5-3-2-4-6-12/h2-6,9-10,13-14,18H,7-8,11H2,1H3. The Bertz CT molecular complexity index is 795. The van der Waals surface area contributed by atoms with Crippen molar-refractivity contribution in [2.45, 2.75) is 30.6 Å². The lowest BCUT2D eigenvalue weighted by atomic mass is 10.2. The summed E-state index contributed by atoms with van der Waals surface area (Å²) >= 11 is 0. The quantitative estimate of drug-likeness (QED) is 0.873. The fraction of sp³-hybridized carbons (Fsp3) is 0.353. The van der Waals surface area contributed by atoms with E-state index in [-0.39, 0.29) is 6.10 Å². The van der Waals surface area contributed by atoms with E-state index in [1.165, 1.54) is 6.26 Å². The number of aromatic nitrogens is 1. The minimum Gasteiger partial charge on any atom is -0.458 e. The fourth-order valence-corrected chi connectivity index (χ4v) is 4.04. The maximum absolute atomic E-state index is 12.2. The van der Waals surface area contributed by atoms with E-state index in [1.807, 2.05) is 36.4 Å². The molecule has 1 N–H and O–H groups in total. The van der Waals surface area contributed by atoms with E-state index in [0.29, 0.717) is 25.0 Å². The van der Waals surface area contributed by atoms with Crippen molar-refractivity contribution in [3.8, 4) is 11.3 Å². The first kappa shape index (κ1) is 15.8. The maximum atomic E-state index is 12.2. The van der Waals surface area contributed by atoms with Gasteiger partial charge in [0.25, 0.3) is 0 Å². The molecule has 1 fully saturated rings. The third-order valence-corrected chi connectivity index (χ3v) is 5.85. The largest absolute Gasteiger partial charge is 0.458 e. The van der Waals surface area contributed by atoms with Crippen LogP contribution in [0.5, 0.6) is 0 Å². The van der Waals surface area contributed by atoms with Gasteiger partial charge in [0.15, 0.2) is 0 Å². The number of esters is 1. The van der Waals surface area contributed by atoms with Gasteiger partial charge in [-0.2, -0.15) is 0 Å². The number of carbonyl (C=O) groups excluding carboxylic acids is 1. The second kappa shape index (κ2) is 6.20. The van der Waals surface area contributed by atoms with E-state index in [1.54, 1.807) is 6.07 Å². The zero-order valence-corrected chi connectivity index (χ0v) is 13.7. The van der Waals surface area contributed by atoms with Gasteiger partial charge in [-0.05, 0) is 30.5 Å². The molecular formula is C17H19NO4S. The predicted octanol–water partition coefficient (Wildman–Crippen LogP) is 2.80. The molecule has 1 aliphatic rings. The molecule has 5 nitrogen and oxygen atoms in total. The second-order valence-electron chi connectivity index (χ2n) is 5.94. The summed E-state index contributed by atoms with van der Waals surface area (Å²) in [5.74, 6) is -0.439. The van der Waals surface area contributed by atoms with Gasteiger partial charge in [0.1, 0.15) is 21.6 Å². The first-order valence-electron chi connectivity index (χ1n) is 7.58. The van der Waals surface area contributed by atoms with Crippen LogP contribution in [0.25, 0.3) is 11.3 Å². The lowest BCUT2D eigenvalue weighted by Crippen LogP contribution is -2.20. The van der Waals surface area contributed by atoms with Crippen molar-refractivity contribution in [2.24, 2.45) is 0 Å². The molecule has 23 heavy (non-hydrogen) atoms. The molecule has 0 aliphatic heterocycles. The molecule has 2 unspecified atom stereocenters. The van der Waals surface area contributed by atoms with Gasteiger partial charge < -0.3 is 9.72 Å². The predicted molar refractivity (Wildman–Crippen MR) is 87.9 cm³/mol. The summed E-state index contributed by atoms with van der Waals surface area (Å²) in [5.41, 5.74) is 2.22. The normalized spacial score (nSPS) is 21.3. The monoisotopic (exact) mass is 333 g/mol. The molecule has 1 aliphatic carbocycles. The molecule has 1 heterocycles. The van der Waals surface area contributed by atoms with Gasteiger partial charge >= 0.3 is 5.97 Å². The Labute approximate surface area is 135 Å². The highest BCUT2D eigenvalue weighted by Crippen LogP contribution is 2.28. The lowest BCUT2D eigenvalue weighted by Gasteiger charge is -2.11. The highest BCUT2D eigenvalue weighted by molar-refractivity contribution is 7.91. The van der Waals surface area contributed by atoms with E-state index >= 15 is 0 Å². The number of aromatic amines is 1. The van der Waals surface area contributed by atoms with Crippen LogP contribution in [0.3, 0.4) is 0 Å². The molecule has 1 aromatic heterocycles. The first-order chi connectivity index (χ1) is 10.9. The summed E-state index contributed by atoms with van der Waals surface area (Å²) in [6.45, 7) is 0. The number of nitrogens with one attached hydrogen (secondary N) is 1. The van der Waals surface area contributed by atoms with Crippen LogP contribution < -0.4 is 0 Å². The Balaban J connectivity index is 1.65. The Kier molecular flexibility index (Phi) is 4.26. The van der Waals surface area contributed by atoms with Crippen LogP contribution >= 0.6 is 0 Å². The molecular weight excluding hydrogens is 314 g/mol. The fourth-order valence-electron chi connectivity index (χ4n) is 2.91. The molecule has 2 atom stereocenters. The zero-order valence-electron chi connectivity index (χ0n) is 12.9. The van der Waals surface area contributed by atoms with Crippen molar-refractivity contribution in [1.82, 2.24) is 4.98 Å². The van der Waals surface area contributed by atoms with Crippen LogP contribution in [0.2, 0.25) is 0 Å². The van der Waals surface area contributed by atoms with Gasteiger partial charge in [0.05, 0.1) is 5.25 Å². The number of ether oxygens (including phenoxy) is 1. The third-order valence-electron chi connectivity index (χ3n) is 4.21. The SMILES string of the molecule is CS(=O)(=O)C1CCC(OC(=O)c2ccc(-c3ccccc3)[nH]2)C1. The van der Waals surface area contributed by atoms with E-state index in [2.05, 4.69) is 4.98 Å². The van der Waals surface area contributed by atoms with Crippen LogP contribution in [0.4, 0.5) is 0 Å². The minimum atomic E-state index is -3.07. The van der Waals surface area contributed by atoms with Crippen molar-refractivity contribution in [2.75, 3.05) is 6.26 Å². The molecule has 0 bridgehead atoms. The summed E-state index contributed by atoms with van der Waals surface area (Å²) in [4.78, 5) is 15.3. The molecule has 122 valence electrons. The van der Waals surface area contributed by atoms with Gasteiger partial charge in [-0.25, -0.2) is 13.2 Å². The Morgan fingerprint density at radius 2 is 1.87 bits per heavy atom. The van der Waals surface area contributed by atoms with Gasteiger partial charge in [0, 0.05) is 18.4 Å². The molecule has 6 heteroatoms. The number of carbonyl (C=O) groups is 1. The van der Waals surface area contributed by atoms with E-state index in [4.69, 9.17) is 4.74 Å². The number of rotatable bonds is 4. The molecule has 3 rings (SSSR count). The number of hydrogen-bond donors (Lipinski definition) is 1. The third kappa shape index (κ3) is 3.64. The molecule has 0 spiro atoms. The number of H-pyrrole nitrogens is 1. The maximum Gasteiger partial charge on any atom is 0.355 e. The van der Waals surface area contributed by atoms with Gasteiger partial charge in [-0.15, -0.1) is 0 Å². The number of benzene rings is 1. The summed E-state index contributed by atoms with van der Waals surface area (Å²) in [7, 11) is -3.07. The molecule has 1 aromatic carbocycles. The summed E-state index contributed by atoms with van der Waals surface area (Å²) < 4.78 is 28.5. The topological polar surface area (TPSA) is 76.2 Å². The summed E-state index contributed by atoms with van der Waals surface area (Å²) in [6.07, 6.45) is 2.44. The van der Waals surface area contributed by atoms with Gasteiger partial charge in [-0.1, -0.05) is 30.3 Å². The molecule has 0 radical (unpaired) electrons. The van der Waals surface area contributed by atoms with Crippen molar-refractivity contribution >= 4 is 15.8 Å². The van der Waals surface area contributed by atoms with Crippen LogP contribution in [-0.4, -0.2) is 37.0 Å². The van der Waals surface area contributed by atoms with E-state index < -0.39 is 21.1 Å². The van der Waals surface area contributed by atoms with Crippen LogP contribution in [0.15, 0.2) is 42.5 Å². The van der Waals surface area contributed by atoms with Crippen LogP contribution in [0, 0.1) is 0 Å².